The Bertz CT molecular complexity index is 285. The van der Waals surface area contributed by atoms with E-state index < -0.39 is 10.0 Å². The third-order valence-electron chi connectivity index (χ3n) is 2.69. The van der Waals surface area contributed by atoms with E-state index in [-0.39, 0.29) is 11.3 Å². The second-order valence-electron chi connectivity index (χ2n) is 4.11. The molecule has 4 nitrogen and oxygen atoms in total. The van der Waals surface area contributed by atoms with Crippen molar-refractivity contribution in [3.05, 3.63) is 0 Å². The standard InChI is InChI=1S/C8H16N2O2S/c1-10-5-4-7(6-10)9-13(11,12)8-2-3-8/h7-9H,2-6H2,1H3/t7-/m1/s1. The van der Waals surface area contributed by atoms with Gasteiger partial charge in [-0.25, -0.2) is 13.1 Å². The Hall–Kier alpha value is -0.130. The van der Waals surface area contributed by atoms with Crippen LogP contribution in [0.15, 0.2) is 0 Å². The molecule has 1 aliphatic carbocycles. The first kappa shape index (κ1) is 9.43. The third kappa shape index (κ3) is 2.21. The van der Waals surface area contributed by atoms with Crippen molar-refractivity contribution in [1.29, 1.82) is 0 Å². The highest BCUT2D eigenvalue weighted by Crippen LogP contribution is 2.28. The van der Waals surface area contributed by atoms with Crippen LogP contribution < -0.4 is 4.72 Å². The first-order valence-electron chi connectivity index (χ1n) is 4.77. The van der Waals surface area contributed by atoms with Crippen molar-refractivity contribution >= 4 is 10.0 Å². The van der Waals surface area contributed by atoms with Crippen LogP contribution in [0.3, 0.4) is 0 Å². The molecular weight excluding hydrogens is 188 g/mol. The fourth-order valence-corrected chi connectivity index (χ4v) is 3.34. The Morgan fingerprint density at radius 1 is 1.31 bits per heavy atom. The predicted octanol–water partition coefficient (Wildman–Crippen LogP) is -0.228. The summed E-state index contributed by atoms with van der Waals surface area (Å²) >= 11 is 0. The molecule has 0 aromatic rings. The van der Waals surface area contributed by atoms with Crippen LogP contribution >= 0.6 is 0 Å². The molecule has 1 atom stereocenters. The molecular formula is C8H16N2O2S. The van der Waals surface area contributed by atoms with Crippen LogP contribution in [0.5, 0.6) is 0 Å². The van der Waals surface area contributed by atoms with Crippen molar-refractivity contribution in [2.45, 2.75) is 30.6 Å². The van der Waals surface area contributed by atoms with Gasteiger partial charge in [0.2, 0.25) is 10.0 Å². The van der Waals surface area contributed by atoms with E-state index in [1.54, 1.807) is 0 Å². The van der Waals surface area contributed by atoms with Crippen molar-refractivity contribution in [1.82, 2.24) is 9.62 Å². The van der Waals surface area contributed by atoms with Crippen molar-refractivity contribution in [2.75, 3.05) is 20.1 Å². The van der Waals surface area contributed by atoms with Gasteiger partial charge in [-0.2, -0.15) is 0 Å². The van der Waals surface area contributed by atoms with Gasteiger partial charge in [0.1, 0.15) is 0 Å². The lowest BCUT2D eigenvalue weighted by Crippen LogP contribution is -2.38. The lowest BCUT2D eigenvalue weighted by Gasteiger charge is -2.12. The fourth-order valence-electron chi connectivity index (χ4n) is 1.74. The molecule has 0 bridgehead atoms. The molecule has 2 rings (SSSR count). The number of rotatable bonds is 3. The largest absolute Gasteiger partial charge is 0.305 e. The lowest BCUT2D eigenvalue weighted by molar-refractivity contribution is 0.407. The van der Waals surface area contributed by atoms with Crippen LogP contribution in [0, 0.1) is 0 Å². The number of nitrogens with one attached hydrogen (secondary N) is 1. The molecule has 0 amide bonds. The minimum atomic E-state index is -2.97. The molecule has 1 saturated heterocycles. The number of likely N-dealkylation sites (tertiary alicyclic amines) is 1. The summed E-state index contributed by atoms with van der Waals surface area (Å²) in [7, 11) is -0.951. The summed E-state index contributed by atoms with van der Waals surface area (Å²) in [6.07, 6.45) is 2.64. The normalized spacial score (nSPS) is 31.0. The Balaban J connectivity index is 1.90. The lowest BCUT2D eigenvalue weighted by atomic mass is 10.3. The van der Waals surface area contributed by atoms with Gasteiger partial charge in [-0.15, -0.1) is 0 Å². The average molecular weight is 204 g/mol. The van der Waals surface area contributed by atoms with Gasteiger partial charge >= 0.3 is 0 Å². The van der Waals surface area contributed by atoms with Crippen molar-refractivity contribution < 1.29 is 8.42 Å². The second kappa shape index (κ2) is 3.22. The molecule has 1 aliphatic heterocycles. The van der Waals surface area contributed by atoms with Gasteiger partial charge < -0.3 is 4.90 Å². The summed E-state index contributed by atoms with van der Waals surface area (Å²) in [6.45, 7) is 1.85. The summed E-state index contributed by atoms with van der Waals surface area (Å²) < 4.78 is 25.8. The summed E-state index contributed by atoms with van der Waals surface area (Å²) in [5.74, 6) is 0. The van der Waals surface area contributed by atoms with Gasteiger partial charge in [0.25, 0.3) is 0 Å². The number of likely N-dealkylation sites (N-methyl/N-ethyl adjacent to an activating group) is 1. The van der Waals surface area contributed by atoms with Gasteiger partial charge in [-0.3, -0.25) is 0 Å². The van der Waals surface area contributed by atoms with E-state index in [4.69, 9.17) is 0 Å². The molecule has 13 heavy (non-hydrogen) atoms. The van der Waals surface area contributed by atoms with E-state index in [2.05, 4.69) is 9.62 Å². The van der Waals surface area contributed by atoms with E-state index in [0.717, 1.165) is 32.4 Å². The molecule has 1 heterocycles. The van der Waals surface area contributed by atoms with E-state index >= 15 is 0 Å². The van der Waals surface area contributed by atoms with Crippen LogP contribution in [-0.4, -0.2) is 44.7 Å². The molecule has 0 spiro atoms. The first-order chi connectivity index (χ1) is 6.08. The number of hydrogen-bond acceptors (Lipinski definition) is 3. The Kier molecular flexibility index (Phi) is 2.33. The fraction of sp³-hybridized carbons (Fsp3) is 1.00. The Morgan fingerprint density at radius 2 is 2.00 bits per heavy atom. The topological polar surface area (TPSA) is 49.4 Å². The minimum absolute atomic E-state index is 0.0848. The quantitative estimate of drug-likeness (QED) is 0.691. The number of hydrogen-bond donors (Lipinski definition) is 1. The molecule has 0 aromatic carbocycles. The zero-order chi connectivity index (χ0) is 9.47. The second-order valence-corrected chi connectivity index (χ2v) is 6.10. The summed E-state index contributed by atoms with van der Waals surface area (Å²) in [4.78, 5) is 2.15. The molecule has 2 aliphatic rings. The highest BCUT2D eigenvalue weighted by Gasteiger charge is 2.37. The third-order valence-corrected chi connectivity index (χ3v) is 4.70. The van der Waals surface area contributed by atoms with Crippen molar-refractivity contribution in [3.8, 4) is 0 Å². The van der Waals surface area contributed by atoms with Gasteiger partial charge in [0.05, 0.1) is 5.25 Å². The summed E-state index contributed by atoms with van der Waals surface area (Å²) in [5.41, 5.74) is 0. The van der Waals surface area contributed by atoms with Crippen LogP contribution in [0.25, 0.3) is 0 Å². The number of sulfonamides is 1. The van der Waals surface area contributed by atoms with Crippen LogP contribution in [0.4, 0.5) is 0 Å². The van der Waals surface area contributed by atoms with E-state index in [1.165, 1.54) is 0 Å². The van der Waals surface area contributed by atoms with Gasteiger partial charge in [-0.05, 0) is 32.9 Å². The Labute approximate surface area is 79.4 Å². The maximum absolute atomic E-state index is 11.5. The molecule has 5 heteroatoms. The van der Waals surface area contributed by atoms with Gasteiger partial charge in [0, 0.05) is 12.6 Å². The van der Waals surface area contributed by atoms with Crippen LogP contribution in [0.2, 0.25) is 0 Å². The smallest absolute Gasteiger partial charge is 0.214 e. The minimum Gasteiger partial charge on any atom is -0.305 e. The molecule has 1 N–H and O–H groups in total. The molecule has 0 radical (unpaired) electrons. The number of nitrogens with zero attached hydrogens (tertiary/aromatic N) is 1. The average Bonchev–Trinajstić information content (AvgIpc) is 2.78. The summed E-state index contributed by atoms with van der Waals surface area (Å²) in [6, 6.07) is 0.149. The summed E-state index contributed by atoms with van der Waals surface area (Å²) in [5, 5.41) is -0.0848. The maximum Gasteiger partial charge on any atom is 0.214 e. The maximum atomic E-state index is 11.5. The van der Waals surface area contributed by atoms with E-state index in [9.17, 15) is 8.42 Å². The predicted molar refractivity (Wildman–Crippen MR) is 51.0 cm³/mol. The monoisotopic (exact) mass is 204 g/mol. The van der Waals surface area contributed by atoms with Gasteiger partial charge in [0.15, 0.2) is 0 Å². The molecule has 2 fully saturated rings. The molecule has 76 valence electrons. The van der Waals surface area contributed by atoms with Gasteiger partial charge in [-0.1, -0.05) is 0 Å². The molecule has 0 unspecified atom stereocenters. The van der Waals surface area contributed by atoms with Crippen LogP contribution in [-0.2, 0) is 10.0 Å². The zero-order valence-corrected chi connectivity index (χ0v) is 8.68. The molecule has 1 saturated carbocycles. The zero-order valence-electron chi connectivity index (χ0n) is 7.86. The van der Waals surface area contributed by atoms with Crippen molar-refractivity contribution in [2.24, 2.45) is 0 Å². The Morgan fingerprint density at radius 3 is 2.46 bits per heavy atom. The van der Waals surface area contributed by atoms with E-state index in [1.807, 2.05) is 7.05 Å². The highest BCUT2D eigenvalue weighted by atomic mass is 32.2. The highest BCUT2D eigenvalue weighted by molar-refractivity contribution is 7.90. The molecule has 0 aromatic heterocycles. The SMILES string of the molecule is CN1CC[C@@H](NS(=O)(=O)C2CC2)C1. The van der Waals surface area contributed by atoms with Crippen molar-refractivity contribution in [3.63, 3.8) is 0 Å². The first-order valence-corrected chi connectivity index (χ1v) is 6.32. The van der Waals surface area contributed by atoms with E-state index in [0.29, 0.717) is 0 Å². The van der Waals surface area contributed by atoms with Crippen LogP contribution in [0.1, 0.15) is 19.3 Å².